The van der Waals surface area contributed by atoms with Gasteiger partial charge in [0.1, 0.15) is 11.6 Å². The second-order valence-electron chi connectivity index (χ2n) is 10.8. The molecule has 4 aromatic rings. The Bertz CT molecular complexity index is 1530. The van der Waals surface area contributed by atoms with Gasteiger partial charge in [0.2, 0.25) is 0 Å². The summed E-state index contributed by atoms with van der Waals surface area (Å²) < 4.78 is 33.0. The number of carbonyl (C=O) groups is 1. The predicted octanol–water partition coefficient (Wildman–Crippen LogP) is 6.98. The van der Waals surface area contributed by atoms with E-state index in [1.807, 2.05) is 36.4 Å². The lowest BCUT2D eigenvalue weighted by atomic mass is 10.1. The van der Waals surface area contributed by atoms with E-state index in [-0.39, 0.29) is 18.0 Å². The van der Waals surface area contributed by atoms with E-state index in [1.54, 1.807) is 0 Å². The summed E-state index contributed by atoms with van der Waals surface area (Å²) in [7, 11) is 0. The maximum atomic E-state index is 13.7. The van der Waals surface area contributed by atoms with Crippen molar-refractivity contribution in [2.75, 3.05) is 48.8 Å². The van der Waals surface area contributed by atoms with E-state index in [4.69, 9.17) is 4.74 Å². The number of benzene rings is 3. The minimum Gasteiger partial charge on any atom is -0.381 e. The Morgan fingerprint density at radius 3 is 2.51 bits per heavy atom. The molecule has 1 saturated heterocycles. The summed E-state index contributed by atoms with van der Waals surface area (Å²) in [6.07, 6.45) is 1.72. The fourth-order valence-electron chi connectivity index (χ4n) is 5.26. The van der Waals surface area contributed by atoms with Crippen LogP contribution in [0.15, 0.2) is 64.4 Å². The molecule has 1 aromatic heterocycles. The summed E-state index contributed by atoms with van der Waals surface area (Å²) in [4.78, 5) is 17.2. The number of halogens is 2. The summed E-state index contributed by atoms with van der Waals surface area (Å²) >= 11 is 1.23. The summed E-state index contributed by atoms with van der Waals surface area (Å²) in [5.74, 6) is -1.19. The second-order valence-corrected chi connectivity index (χ2v) is 11.9. The zero-order valence-corrected chi connectivity index (χ0v) is 25.5. The molecule has 0 aliphatic carbocycles. The van der Waals surface area contributed by atoms with Crippen LogP contribution in [0.5, 0.6) is 0 Å². The molecule has 0 spiro atoms. The summed E-state index contributed by atoms with van der Waals surface area (Å²) in [6.45, 7) is 10.7. The van der Waals surface area contributed by atoms with Crippen LogP contribution in [0.1, 0.15) is 44.0 Å². The van der Waals surface area contributed by atoms with Crippen LogP contribution in [0.3, 0.4) is 0 Å². The van der Waals surface area contributed by atoms with Crippen LogP contribution >= 0.6 is 11.8 Å². The van der Waals surface area contributed by atoms with Crippen molar-refractivity contribution in [2.45, 2.75) is 55.5 Å². The first-order chi connectivity index (χ1) is 20.8. The molecule has 2 heterocycles. The van der Waals surface area contributed by atoms with Crippen molar-refractivity contribution >= 4 is 45.8 Å². The van der Waals surface area contributed by atoms with Crippen molar-refractivity contribution in [1.82, 2.24) is 15.1 Å². The highest BCUT2D eigenvalue weighted by Gasteiger charge is 2.20. The third-order valence-corrected chi connectivity index (χ3v) is 8.48. The number of anilines is 3. The molecule has 1 unspecified atom stereocenters. The molecule has 1 atom stereocenters. The maximum absolute atomic E-state index is 13.7. The van der Waals surface area contributed by atoms with Crippen LogP contribution in [-0.4, -0.2) is 65.9 Å². The van der Waals surface area contributed by atoms with E-state index in [9.17, 15) is 13.6 Å². The Morgan fingerprint density at radius 2 is 1.79 bits per heavy atom. The van der Waals surface area contributed by atoms with Gasteiger partial charge in [0, 0.05) is 64.5 Å². The highest BCUT2D eigenvalue weighted by atomic mass is 32.2. The molecule has 4 N–H and O–H groups in total. The maximum Gasteiger partial charge on any atom is 0.258 e. The lowest BCUT2D eigenvalue weighted by Gasteiger charge is -2.27. The van der Waals surface area contributed by atoms with E-state index >= 15 is 0 Å². The summed E-state index contributed by atoms with van der Waals surface area (Å²) in [6, 6.07) is 15.1. The van der Waals surface area contributed by atoms with Crippen LogP contribution in [0.25, 0.3) is 10.9 Å². The minimum atomic E-state index is -0.635. The van der Waals surface area contributed by atoms with Gasteiger partial charge in [0.15, 0.2) is 5.82 Å². The molecule has 43 heavy (non-hydrogen) atoms. The lowest BCUT2D eigenvalue weighted by molar-refractivity contribution is 0.0904. The molecule has 8 nitrogen and oxygen atoms in total. The van der Waals surface area contributed by atoms with Gasteiger partial charge >= 0.3 is 0 Å². The van der Waals surface area contributed by atoms with Gasteiger partial charge < -0.3 is 25.6 Å². The number of H-pyrrole nitrogens is 1. The molecule has 228 valence electrons. The Balaban J connectivity index is 1.37. The molecule has 3 aromatic carbocycles. The van der Waals surface area contributed by atoms with Crippen LogP contribution in [-0.2, 0) is 4.74 Å². The number of carbonyl (C=O) groups excluding carboxylic acids is 1. The first-order valence-corrected chi connectivity index (χ1v) is 15.5. The molecule has 11 heteroatoms. The standard InChI is InChI=1S/C32H38F2N6O2S/c1-4-40(5-2)19-20(3)35-24-6-8-27(30(17-24)36-23-10-12-42-13-11-23)32(41)37-31-28-18-25(7-9-29(28)38-39-31)43-26-15-21(33)14-22(34)16-26/h6-9,14-18,20,23,35-36H,4-5,10-13,19H2,1-3H3,(H2,37,38,39,41). The largest absolute Gasteiger partial charge is 0.381 e. The smallest absolute Gasteiger partial charge is 0.258 e. The van der Waals surface area contributed by atoms with Crippen LogP contribution in [0.4, 0.5) is 26.0 Å². The van der Waals surface area contributed by atoms with Crippen molar-refractivity contribution in [3.8, 4) is 0 Å². The number of nitrogens with one attached hydrogen (secondary N) is 4. The Morgan fingerprint density at radius 1 is 1.05 bits per heavy atom. The van der Waals surface area contributed by atoms with E-state index in [1.165, 1.54) is 23.9 Å². The zero-order chi connectivity index (χ0) is 30.3. The molecule has 5 rings (SSSR count). The van der Waals surface area contributed by atoms with Gasteiger partial charge in [-0.3, -0.25) is 9.89 Å². The first kappa shape index (κ1) is 30.8. The normalized spacial score (nSPS) is 14.7. The van der Waals surface area contributed by atoms with E-state index in [0.29, 0.717) is 34.9 Å². The number of hydrogen-bond acceptors (Lipinski definition) is 7. The predicted molar refractivity (Wildman–Crippen MR) is 169 cm³/mol. The molecule has 1 fully saturated rings. The highest BCUT2D eigenvalue weighted by molar-refractivity contribution is 7.99. The molecular formula is C32H38F2N6O2S. The van der Waals surface area contributed by atoms with Crippen molar-refractivity contribution in [3.63, 3.8) is 0 Å². The van der Waals surface area contributed by atoms with Crippen molar-refractivity contribution in [3.05, 3.63) is 71.8 Å². The number of nitrogens with zero attached hydrogens (tertiary/aromatic N) is 2. The molecule has 1 aliphatic rings. The second kappa shape index (κ2) is 14.2. The third kappa shape index (κ3) is 8.04. The van der Waals surface area contributed by atoms with Gasteiger partial charge in [-0.2, -0.15) is 5.10 Å². The number of amides is 1. The minimum absolute atomic E-state index is 0.196. The number of ether oxygens (including phenoxy) is 1. The van der Waals surface area contributed by atoms with E-state index in [2.05, 4.69) is 51.8 Å². The zero-order valence-electron chi connectivity index (χ0n) is 24.7. The number of hydrogen-bond donors (Lipinski definition) is 4. The van der Waals surface area contributed by atoms with Crippen molar-refractivity contribution < 1.29 is 18.3 Å². The molecule has 0 saturated carbocycles. The molecule has 0 bridgehead atoms. The Hall–Kier alpha value is -3.67. The average Bonchev–Trinajstić information content (AvgIpc) is 3.37. The van der Waals surface area contributed by atoms with Gasteiger partial charge in [-0.05, 0) is 81.4 Å². The van der Waals surface area contributed by atoms with Crippen molar-refractivity contribution in [2.24, 2.45) is 0 Å². The van der Waals surface area contributed by atoms with E-state index < -0.39 is 11.6 Å². The molecule has 1 amide bonds. The lowest BCUT2D eigenvalue weighted by Crippen LogP contribution is -2.34. The van der Waals surface area contributed by atoms with Gasteiger partial charge in [0.25, 0.3) is 5.91 Å². The van der Waals surface area contributed by atoms with Gasteiger partial charge in [0.05, 0.1) is 11.1 Å². The fourth-order valence-corrected chi connectivity index (χ4v) is 6.19. The summed E-state index contributed by atoms with van der Waals surface area (Å²) in [5.41, 5.74) is 2.91. The number of fused-ring (bicyclic) bond motifs is 1. The topological polar surface area (TPSA) is 94.3 Å². The average molecular weight is 609 g/mol. The highest BCUT2D eigenvalue weighted by Crippen LogP contribution is 2.33. The van der Waals surface area contributed by atoms with Crippen molar-refractivity contribution in [1.29, 1.82) is 0 Å². The van der Waals surface area contributed by atoms with Gasteiger partial charge in [-0.15, -0.1) is 0 Å². The number of likely N-dealkylation sites (N-methyl/N-ethyl adjacent to an activating group) is 1. The SMILES string of the molecule is CCN(CC)CC(C)Nc1ccc(C(=O)Nc2n[nH]c3ccc(Sc4cc(F)cc(F)c4)cc23)c(NC2CCOCC2)c1. The number of rotatable bonds is 12. The quantitative estimate of drug-likeness (QED) is 0.138. The van der Waals surface area contributed by atoms with Gasteiger partial charge in [-0.25, -0.2) is 8.78 Å². The molecular weight excluding hydrogens is 570 g/mol. The van der Waals surface area contributed by atoms with Crippen LogP contribution in [0.2, 0.25) is 0 Å². The summed E-state index contributed by atoms with van der Waals surface area (Å²) in [5, 5.41) is 18.1. The fraction of sp³-hybridized carbons (Fsp3) is 0.375. The number of aromatic amines is 1. The first-order valence-electron chi connectivity index (χ1n) is 14.7. The van der Waals surface area contributed by atoms with Crippen LogP contribution < -0.4 is 16.0 Å². The Labute approximate surface area is 255 Å². The Kier molecular flexibility index (Phi) is 10.2. The molecule has 0 radical (unpaired) electrons. The van der Waals surface area contributed by atoms with Crippen LogP contribution in [0, 0.1) is 11.6 Å². The van der Waals surface area contributed by atoms with E-state index in [0.717, 1.165) is 60.3 Å². The molecule has 1 aliphatic heterocycles. The number of aromatic nitrogens is 2. The monoisotopic (exact) mass is 608 g/mol. The van der Waals surface area contributed by atoms with Gasteiger partial charge in [-0.1, -0.05) is 25.6 Å². The third-order valence-electron chi connectivity index (χ3n) is 7.52.